The number of aryl methyl sites for hydroxylation is 1. The molecule has 0 aliphatic carbocycles. The second-order valence-corrected chi connectivity index (χ2v) is 5.37. The van der Waals surface area contributed by atoms with Crippen LogP contribution in [0.25, 0.3) is 0 Å². The van der Waals surface area contributed by atoms with Gasteiger partial charge in [0.2, 0.25) is 0 Å². The van der Waals surface area contributed by atoms with Crippen LogP contribution in [0.5, 0.6) is 0 Å². The van der Waals surface area contributed by atoms with Crippen LogP contribution in [-0.2, 0) is 0 Å². The molecule has 98 valence electrons. The zero-order valence-corrected chi connectivity index (χ0v) is 11.4. The van der Waals surface area contributed by atoms with Gasteiger partial charge in [-0.15, -0.1) is 0 Å². The number of aliphatic hydroxyl groups excluding tert-OH is 1. The number of hydrogen-bond donors (Lipinski definition) is 3. The van der Waals surface area contributed by atoms with E-state index in [2.05, 4.69) is 24.3 Å². The van der Waals surface area contributed by atoms with E-state index in [-0.39, 0.29) is 18.2 Å². The number of anilines is 2. The molecule has 17 heavy (non-hydrogen) atoms. The molecular formula is C12H24N4O. The molecule has 5 nitrogen and oxygen atoms in total. The second kappa shape index (κ2) is 4.96. The minimum Gasteiger partial charge on any atom is -0.396 e. The van der Waals surface area contributed by atoms with Gasteiger partial charge < -0.3 is 16.2 Å². The molecule has 0 atom stereocenters. The number of nitrogens with two attached hydrogens (primary N) is 1. The van der Waals surface area contributed by atoms with Gasteiger partial charge in [-0.3, -0.25) is 0 Å². The van der Waals surface area contributed by atoms with Crippen molar-refractivity contribution in [1.29, 1.82) is 0 Å². The normalized spacial score (nSPS) is 12.2. The first-order chi connectivity index (χ1) is 7.78. The van der Waals surface area contributed by atoms with Gasteiger partial charge in [0.15, 0.2) is 0 Å². The Bertz CT molecular complexity index is 382. The zero-order chi connectivity index (χ0) is 13.2. The third-order valence-corrected chi connectivity index (χ3v) is 2.81. The summed E-state index contributed by atoms with van der Waals surface area (Å²) in [5.41, 5.74) is 7.35. The first kappa shape index (κ1) is 13.8. The van der Waals surface area contributed by atoms with E-state index in [1.54, 1.807) is 0 Å². The zero-order valence-electron chi connectivity index (χ0n) is 11.4. The van der Waals surface area contributed by atoms with Gasteiger partial charge in [-0.2, -0.15) is 5.10 Å². The van der Waals surface area contributed by atoms with Crippen molar-refractivity contribution in [1.82, 2.24) is 9.78 Å². The maximum absolute atomic E-state index is 9.04. The monoisotopic (exact) mass is 240 g/mol. The van der Waals surface area contributed by atoms with E-state index in [1.807, 2.05) is 25.5 Å². The number of hydrogen-bond acceptors (Lipinski definition) is 4. The smallest absolute Gasteiger partial charge is 0.148 e. The average Bonchev–Trinajstić information content (AvgIpc) is 2.45. The molecule has 0 fully saturated rings. The molecule has 0 unspecified atom stereocenters. The van der Waals surface area contributed by atoms with E-state index < -0.39 is 0 Å². The highest BCUT2D eigenvalue weighted by molar-refractivity contribution is 5.65. The summed E-state index contributed by atoms with van der Waals surface area (Å²) in [6.45, 7) is 10.3. The Labute approximate surface area is 103 Å². The van der Waals surface area contributed by atoms with E-state index in [4.69, 9.17) is 10.8 Å². The first-order valence-corrected chi connectivity index (χ1v) is 6.02. The summed E-state index contributed by atoms with van der Waals surface area (Å²) < 4.78 is 1.89. The summed E-state index contributed by atoms with van der Waals surface area (Å²) in [6.07, 6.45) is 0.661. The van der Waals surface area contributed by atoms with Crippen LogP contribution < -0.4 is 11.1 Å². The van der Waals surface area contributed by atoms with Crippen LogP contribution in [0.2, 0.25) is 0 Å². The third-order valence-electron chi connectivity index (χ3n) is 2.81. The molecule has 0 aliphatic rings. The molecule has 1 heterocycles. The summed E-state index contributed by atoms with van der Waals surface area (Å²) in [5.74, 6) is 0.843. The molecule has 1 aromatic rings. The van der Waals surface area contributed by atoms with Crippen LogP contribution in [0.4, 0.5) is 11.5 Å². The predicted octanol–water partition coefficient (Wildman–Crippen LogP) is 1.93. The molecule has 0 spiro atoms. The second-order valence-electron chi connectivity index (χ2n) is 5.37. The maximum atomic E-state index is 9.04. The van der Waals surface area contributed by atoms with E-state index in [0.717, 1.165) is 11.5 Å². The Kier molecular flexibility index (Phi) is 4.03. The van der Waals surface area contributed by atoms with Crippen LogP contribution in [0.15, 0.2) is 0 Å². The molecule has 0 aromatic carbocycles. The lowest BCUT2D eigenvalue weighted by Gasteiger charge is -2.28. The highest BCUT2D eigenvalue weighted by atomic mass is 16.3. The van der Waals surface area contributed by atoms with Gasteiger partial charge >= 0.3 is 0 Å². The molecule has 0 radical (unpaired) electrons. The molecule has 1 aromatic heterocycles. The lowest BCUT2D eigenvalue weighted by molar-refractivity contribution is 0.260. The van der Waals surface area contributed by atoms with Crippen molar-refractivity contribution in [2.45, 2.75) is 52.6 Å². The lowest BCUT2D eigenvalue weighted by Crippen LogP contribution is -2.33. The van der Waals surface area contributed by atoms with Gasteiger partial charge in [-0.1, -0.05) is 0 Å². The molecular weight excluding hydrogens is 216 g/mol. The van der Waals surface area contributed by atoms with Gasteiger partial charge in [-0.25, -0.2) is 4.68 Å². The Morgan fingerprint density at radius 1 is 1.47 bits per heavy atom. The SMILES string of the molecule is Cc1nn(C(C)C)c(NC(C)(C)CCO)c1N. The van der Waals surface area contributed by atoms with Gasteiger partial charge in [0.25, 0.3) is 0 Å². The van der Waals surface area contributed by atoms with Crippen molar-refractivity contribution in [3.63, 3.8) is 0 Å². The largest absolute Gasteiger partial charge is 0.396 e. The Balaban J connectivity index is 3.04. The number of nitrogen functional groups attached to an aromatic ring is 1. The molecule has 0 aliphatic heterocycles. The Morgan fingerprint density at radius 2 is 2.06 bits per heavy atom. The van der Waals surface area contributed by atoms with Crippen molar-refractivity contribution in [3.8, 4) is 0 Å². The van der Waals surface area contributed by atoms with E-state index in [9.17, 15) is 0 Å². The van der Waals surface area contributed by atoms with E-state index in [0.29, 0.717) is 12.1 Å². The van der Waals surface area contributed by atoms with Crippen molar-refractivity contribution in [2.75, 3.05) is 17.7 Å². The highest BCUT2D eigenvalue weighted by Crippen LogP contribution is 2.29. The highest BCUT2D eigenvalue weighted by Gasteiger charge is 2.22. The van der Waals surface area contributed by atoms with Crippen molar-refractivity contribution < 1.29 is 5.11 Å². The van der Waals surface area contributed by atoms with Crippen molar-refractivity contribution in [3.05, 3.63) is 5.69 Å². The third kappa shape index (κ3) is 3.12. The van der Waals surface area contributed by atoms with Crippen molar-refractivity contribution in [2.24, 2.45) is 0 Å². The Hall–Kier alpha value is -1.23. The number of nitrogens with zero attached hydrogens (tertiary/aromatic N) is 2. The van der Waals surface area contributed by atoms with Crippen molar-refractivity contribution >= 4 is 11.5 Å². The van der Waals surface area contributed by atoms with Gasteiger partial charge in [0.1, 0.15) is 5.82 Å². The minimum absolute atomic E-state index is 0.148. The summed E-state index contributed by atoms with van der Waals surface area (Å²) in [7, 11) is 0. The quantitative estimate of drug-likeness (QED) is 0.735. The number of nitrogens with one attached hydrogen (secondary N) is 1. The molecule has 5 heteroatoms. The molecule has 0 amide bonds. The van der Waals surface area contributed by atoms with Gasteiger partial charge in [-0.05, 0) is 41.0 Å². The van der Waals surface area contributed by atoms with Crippen LogP contribution in [-0.4, -0.2) is 27.0 Å². The van der Waals surface area contributed by atoms with Crippen LogP contribution >= 0.6 is 0 Å². The fourth-order valence-corrected chi connectivity index (χ4v) is 1.72. The summed E-state index contributed by atoms with van der Waals surface area (Å²) >= 11 is 0. The molecule has 0 bridgehead atoms. The average molecular weight is 240 g/mol. The summed E-state index contributed by atoms with van der Waals surface area (Å²) in [6, 6.07) is 0.249. The fourth-order valence-electron chi connectivity index (χ4n) is 1.72. The first-order valence-electron chi connectivity index (χ1n) is 6.02. The number of aliphatic hydroxyl groups is 1. The standard InChI is InChI=1S/C12H24N4O/c1-8(2)16-11(10(13)9(3)15-16)14-12(4,5)6-7-17/h8,14,17H,6-7,13H2,1-5H3. The van der Waals surface area contributed by atoms with Crippen LogP contribution in [0.1, 0.15) is 45.9 Å². The Morgan fingerprint density at radius 3 is 2.53 bits per heavy atom. The molecule has 1 rings (SSSR count). The molecule has 0 saturated carbocycles. The molecule has 4 N–H and O–H groups in total. The minimum atomic E-state index is -0.206. The van der Waals surface area contributed by atoms with Crippen LogP contribution in [0.3, 0.4) is 0 Å². The number of aromatic nitrogens is 2. The maximum Gasteiger partial charge on any atom is 0.148 e. The summed E-state index contributed by atoms with van der Waals surface area (Å²) in [4.78, 5) is 0. The summed E-state index contributed by atoms with van der Waals surface area (Å²) in [5, 5.41) is 16.8. The predicted molar refractivity (Wildman–Crippen MR) is 71.2 cm³/mol. The number of rotatable bonds is 5. The topological polar surface area (TPSA) is 76.1 Å². The van der Waals surface area contributed by atoms with Gasteiger partial charge in [0, 0.05) is 18.2 Å². The van der Waals surface area contributed by atoms with E-state index >= 15 is 0 Å². The van der Waals surface area contributed by atoms with E-state index in [1.165, 1.54) is 0 Å². The molecule has 0 saturated heterocycles. The fraction of sp³-hybridized carbons (Fsp3) is 0.750. The van der Waals surface area contributed by atoms with Gasteiger partial charge in [0.05, 0.1) is 11.4 Å². The van der Waals surface area contributed by atoms with Crippen LogP contribution in [0, 0.1) is 6.92 Å². The lowest BCUT2D eigenvalue weighted by atomic mass is 10.0.